The molecular formula is C20H27ClIN5O. The summed E-state index contributed by atoms with van der Waals surface area (Å²) in [6.45, 7) is 3.13. The van der Waals surface area contributed by atoms with Gasteiger partial charge in [-0.15, -0.1) is 24.0 Å². The standard InChI is InChI=1S/C20H26ClN5O.HI/c1-22-20(24-11-13-27-17-7-4-10-23-14-17)25-16-6-5-12-26(15-16)19-9-3-2-8-18(19)21;/h2-4,7-10,14,16H,5-6,11-13,15H2,1H3,(H2,22,24,25);1H. The van der Waals surface area contributed by atoms with Crippen LogP contribution < -0.4 is 20.3 Å². The van der Waals surface area contributed by atoms with E-state index in [1.807, 2.05) is 30.3 Å². The lowest BCUT2D eigenvalue weighted by Gasteiger charge is -2.35. The van der Waals surface area contributed by atoms with Crippen LogP contribution in [0.15, 0.2) is 53.8 Å². The molecule has 1 saturated heterocycles. The molecule has 1 fully saturated rings. The number of hydrogen-bond acceptors (Lipinski definition) is 4. The number of aromatic nitrogens is 1. The lowest BCUT2D eigenvalue weighted by atomic mass is 10.0. The topological polar surface area (TPSA) is 61.8 Å². The number of benzene rings is 1. The molecule has 1 aromatic carbocycles. The number of nitrogens with zero attached hydrogens (tertiary/aromatic N) is 3. The van der Waals surface area contributed by atoms with E-state index in [1.165, 1.54) is 0 Å². The highest BCUT2D eigenvalue weighted by molar-refractivity contribution is 14.0. The van der Waals surface area contributed by atoms with Crippen molar-refractivity contribution >= 4 is 47.2 Å². The van der Waals surface area contributed by atoms with Crippen molar-refractivity contribution < 1.29 is 4.74 Å². The van der Waals surface area contributed by atoms with Gasteiger partial charge in [0.25, 0.3) is 0 Å². The minimum atomic E-state index is 0. The Morgan fingerprint density at radius 2 is 2.18 bits per heavy atom. The van der Waals surface area contributed by atoms with Crippen molar-refractivity contribution in [1.29, 1.82) is 0 Å². The van der Waals surface area contributed by atoms with Crippen LogP contribution in [0.1, 0.15) is 12.8 Å². The number of nitrogens with one attached hydrogen (secondary N) is 2. The molecule has 1 unspecified atom stereocenters. The Morgan fingerprint density at radius 1 is 1.32 bits per heavy atom. The van der Waals surface area contributed by atoms with E-state index in [0.29, 0.717) is 19.2 Å². The molecule has 1 aliphatic heterocycles. The number of rotatable bonds is 6. The lowest BCUT2D eigenvalue weighted by Crippen LogP contribution is -2.51. The Bertz CT molecular complexity index is 746. The molecule has 0 bridgehead atoms. The summed E-state index contributed by atoms with van der Waals surface area (Å²) in [5.41, 5.74) is 1.10. The molecule has 1 atom stereocenters. The fourth-order valence-electron chi connectivity index (χ4n) is 3.18. The van der Waals surface area contributed by atoms with Gasteiger partial charge in [0, 0.05) is 32.4 Å². The summed E-state index contributed by atoms with van der Waals surface area (Å²) in [7, 11) is 1.78. The monoisotopic (exact) mass is 515 g/mol. The van der Waals surface area contributed by atoms with Crippen molar-refractivity contribution in [3.63, 3.8) is 0 Å². The second-order valence-electron chi connectivity index (χ2n) is 6.42. The second-order valence-corrected chi connectivity index (χ2v) is 6.82. The maximum atomic E-state index is 6.36. The van der Waals surface area contributed by atoms with Gasteiger partial charge in [-0.3, -0.25) is 9.98 Å². The van der Waals surface area contributed by atoms with Crippen LogP contribution in [0.5, 0.6) is 5.75 Å². The number of para-hydroxylation sites is 1. The quantitative estimate of drug-likeness (QED) is 0.267. The number of pyridine rings is 1. The maximum absolute atomic E-state index is 6.36. The van der Waals surface area contributed by atoms with E-state index in [4.69, 9.17) is 16.3 Å². The van der Waals surface area contributed by atoms with Crippen LogP contribution in [0.3, 0.4) is 0 Å². The summed E-state index contributed by atoms with van der Waals surface area (Å²) in [5, 5.41) is 7.61. The highest BCUT2D eigenvalue weighted by Crippen LogP contribution is 2.27. The number of ether oxygens (including phenoxy) is 1. The molecule has 0 spiro atoms. The summed E-state index contributed by atoms with van der Waals surface area (Å²) < 4.78 is 5.65. The van der Waals surface area contributed by atoms with E-state index < -0.39 is 0 Å². The van der Waals surface area contributed by atoms with Gasteiger partial charge in [-0.2, -0.15) is 0 Å². The summed E-state index contributed by atoms with van der Waals surface area (Å²) >= 11 is 6.36. The highest BCUT2D eigenvalue weighted by atomic mass is 127. The predicted octanol–water partition coefficient (Wildman–Crippen LogP) is 3.57. The third-order valence-electron chi connectivity index (χ3n) is 4.48. The summed E-state index contributed by atoms with van der Waals surface area (Å²) in [5.74, 6) is 1.56. The normalized spacial score (nSPS) is 16.9. The molecule has 152 valence electrons. The number of hydrogen-bond donors (Lipinski definition) is 2. The van der Waals surface area contributed by atoms with Crippen molar-refractivity contribution in [2.45, 2.75) is 18.9 Å². The molecule has 1 aliphatic rings. The Kier molecular flexibility index (Phi) is 9.63. The predicted molar refractivity (Wildman–Crippen MR) is 126 cm³/mol. The van der Waals surface area contributed by atoms with Gasteiger partial charge in [0.2, 0.25) is 0 Å². The van der Waals surface area contributed by atoms with E-state index in [-0.39, 0.29) is 24.0 Å². The number of anilines is 1. The fourth-order valence-corrected chi connectivity index (χ4v) is 3.44. The van der Waals surface area contributed by atoms with Gasteiger partial charge in [0.1, 0.15) is 12.4 Å². The minimum Gasteiger partial charge on any atom is -0.490 e. The van der Waals surface area contributed by atoms with Crippen molar-refractivity contribution in [1.82, 2.24) is 15.6 Å². The van der Waals surface area contributed by atoms with Crippen LogP contribution in [0, 0.1) is 0 Å². The summed E-state index contributed by atoms with van der Waals surface area (Å²) in [4.78, 5) is 10.7. The largest absolute Gasteiger partial charge is 0.490 e. The van der Waals surface area contributed by atoms with Crippen LogP contribution in [-0.4, -0.2) is 50.3 Å². The molecule has 6 nitrogen and oxygen atoms in total. The van der Waals surface area contributed by atoms with Gasteiger partial charge in [-0.1, -0.05) is 23.7 Å². The first-order valence-corrected chi connectivity index (χ1v) is 9.63. The first-order chi connectivity index (χ1) is 13.3. The van der Waals surface area contributed by atoms with E-state index in [0.717, 1.165) is 48.4 Å². The summed E-state index contributed by atoms with van der Waals surface area (Å²) in [6, 6.07) is 12.1. The zero-order chi connectivity index (χ0) is 18.9. The first-order valence-electron chi connectivity index (χ1n) is 9.26. The van der Waals surface area contributed by atoms with Gasteiger partial charge in [-0.25, -0.2) is 0 Å². The molecular weight excluding hydrogens is 489 g/mol. The molecule has 2 aromatic rings. The molecule has 1 aromatic heterocycles. The molecule has 28 heavy (non-hydrogen) atoms. The van der Waals surface area contributed by atoms with E-state index >= 15 is 0 Å². The van der Waals surface area contributed by atoms with Crippen molar-refractivity contribution in [3.05, 3.63) is 53.8 Å². The molecule has 2 N–H and O–H groups in total. The zero-order valence-electron chi connectivity index (χ0n) is 16.0. The third-order valence-corrected chi connectivity index (χ3v) is 4.80. The van der Waals surface area contributed by atoms with Crippen molar-refractivity contribution in [2.24, 2.45) is 4.99 Å². The maximum Gasteiger partial charge on any atom is 0.191 e. The lowest BCUT2D eigenvalue weighted by molar-refractivity contribution is 0.320. The Balaban J connectivity index is 0.00000280. The molecule has 3 rings (SSSR count). The average molecular weight is 516 g/mol. The Morgan fingerprint density at radius 3 is 2.93 bits per heavy atom. The summed E-state index contributed by atoms with van der Waals surface area (Å²) in [6.07, 6.45) is 5.66. The SMILES string of the molecule is CN=C(NCCOc1cccnc1)NC1CCCN(c2ccccc2Cl)C1.I. The number of guanidine groups is 1. The molecule has 2 heterocycles. The smallest absolute Gasteiger partial charge is 0.191 e. The van der Waals surface area contributed by atoms with Crippen LogP contribution >= 0.6 is 35.6 Å². The van der Waals surface area contributed by atoms with Gasteiger partial charge in [0.05, 0.1) is 23.5 Å². The van der Waals surface area contributed by atoms with E-state index in [9.17, 15) is 0 Å². The third kappa shape index (κ3) is 6.70. The van der Waals surface area contributed by atoms with E-state index in [1.54, 1.807) is 19.4 Å². The molecule has 0 saturated carbocycles. The Labute approximate surface area is 188 Å². The number of piperidine rings is 1. The minimum absolute atomic E-state index is 0. The van der Waals surface area contributed by atoms with Crippen LogP contribution in [0.2, 0.25) is 5.02 Å². The molecule has 8 heteroatoms. The highest BCUT2D eigenvalue weighted by Gasteiger charge is 2.22. The van der Waals surface area contributed by atoms with Gasteiger partial charge in [0.15, 0.2) is 5.96 Å². The van der Waals surface area contributed by atoms with Crippen molar-refractivity contribution in [2.75, 3.05) is 38.2 Å². The van der Waals surface area contributed by atoms with Crippen molar-refractivity contribution in [3.8, 4) is 5.75 Å². The number of halogens is 2. The first kappa shape index (κ1) is 22.5. The Hall–Kier alpha value is -1.74. The molecule has 0 amide bonds. The van der Waals surface area contributed by atoms with Gasteiger partial charge in [-0.05, 0) is 37.1 Å². The number of aliphatic imine (C=N–C) groups is 1. The average Bonchev–Trinajstić information content (AvgIpc) is 2.71. The van der Waals surface area contributed by atoms with Crippen LogP contribution in [0.4, 0.5) is 5.69 Å². The fraction of sp³-hybridized carbons (Fsp3) is 0.400. The van der Waals surface area contributed by atoms with Crippen LogP contribution in [0.25, 0.3) is 0 Å². The second kappa shape index (κ2) is 12.0. The van der Waals surface area contributed by atoms with Gasteiger partial charge < -0.3 is 20.3 Å². The van der Waals surface area contributed by atoms with E-state index in [2.05, 4.69) is 31.6 Å². The molecule has 0 radical (unpaired) electrons. The van der Waals surface area contributed by atoms with Crippen LogP contribution in [-0.2, 0) is 0 Å². The zero-order valence-corrected chi connectivity index (χ0v) is 19.1. The molecule has 0 aliphatic carbocycles. The van der Waals surface area contributed by atoms with Gasteiger partial charge >= 0.3 is 0 Å².